The molecule has 214 valence electrons. The molecular formula is C30H30ClN3O5S2. The van der Waals surface area contributed by atoms with E-state index in [9.17, 15) is 21.6 Å². The number of aryl methyl sites for hydroxylation is 4. The highest BCUT2D eigenvalue weighted by Crippen LogP contribution is 2.27. The molecule has 4 rings (SSSR count). The van der Waals surface area contributed by atoms with Crippen LogP contribution in [0.1, 0.15) is 22.3 Å². The molecule has 4 aromatic rings. The minimum absolute atomic E-state index is 0.0100. The number of amides is 1. The number of benzene rings is 4. The first-order valence-electron chi connectivity index (χ1n) is 12.6. The summed E-state index contributed by atoms with van der Waals surface area (Å²) in [4.78, 5) is 13.1. The van der Waals surface area contributed by atoms with Gasteiger partial charge in [0, 0.05) is 16.4 Å². The van der Waals surface area contributed by atoms with Crippen LogP contribution in [0.2, 0.25) is 5.02 Å². The highest BCUT2D eigenvalue weighted by atomic mass is 35.5. The zero-order valence-electron chi connectivity index (χ0n) is 23.0. The number of nitrogens with zero attached hydrogens (tertiary/aromatic N) is 1. The number of carbonyl (C=O) groups is 1. The molecule has 0 bridgehead atoms. The number of nitrogens with one attached hydrogen (secondary N) is 2. The van der Waals surface area contributed by atoms with Crippen molar-refractivity contribution in [2.45, 2.75) is 37.5 Å². The Morgan fingerprint density at radius 1 is 0.683 bits per heavy atom. The van der Waals surface area contributed by atoms with E-state index in [1.807, 2.05) is 33.8 Å². The van der Waals surface area contributed by atoms with E-state index in [0.29, 0.717) is 22.1 Å². The summed E-state index contributed by atoms with van der Waals surface area (Å²) < 4.78 is 56.5. The molecule has 4 aromatic carbocycles. The number of carbonyl (C=O) groups excluding carboxylic acids is 1. The van der Waals surface area contributed by atoms with E-state index in [2.05, 4.69) is 10.0 Å². The fourth-order valence-corrected chi connectivity index (χ4v) is 6.59. The molecule has 0 radical (unpaired) electrons. The van der Waals surface area contributed by atoms with E-state index < -0.39 is 32.5 Å². The van der Waals surface area contributed by atoms with Gasteiger partial charge in [-0.1, -0.05) is 23.7 Å². The van der Waals surface area contributed by atoms with Gasteiger partial charge in [0.15, 0.2) is 0 Å². The standard InChI is InChI=1S/C30H30ClN3O5S2/c1-20-5-9-26(17-22(20)3)33-40(36,37)28-15-10-25(11-16-28)32-30(35)19-34(27-12-6-21(2)23(4)18-27)41(38,39)29-13-7-24(31)8-14-29/h5-18,33H,19H2,1-4H3,(H,32,35). The second-order valence-corrected chi connectivity index (χ2v) is 13.7. The Hall–Kier alpha value is -3.86. The second kappa shape index (κ2) is 11.9. The van der Waals surface area contributed by atoms with Gasteiger partial charge >= 0.3 is 0 Å². The molecule has 0 spiro atoms. The Balaban J connectivity index is 1.54. The summed E-state index contributed by atoms with van der Waals surface area (Å²) in [5.41, 5.74) is 4.93. The van der Waals surface area contributed by atoms with Crippen molar-refractivity contribution in [3.8, 4) is 0 Å². The van der Waals surface area contributed by atoms with Gasteiger partial charge in [-0.05, 0) is 123 Å². The van der Waals surface area contributed by atoms with Crippen LogP contribution in [0.3, 0.4) is 0 Å². The van der Waals surface area contributed by atoms with Gasteiger partial charge in [0.2, 0.25) is 5.91 Å². The van der Waals surface area contributed by atoms with Crippen molar-refractivity contribution in [2.24, 2.45) is 0 Å². The maximum atomic E-state index is 13.6. The van der Waals surface area contributed by atoms with E-state index in [4.69, 9.17) is 11.6 Å². The third kappa shape index (κ3) is 7.08. The van der Waals surface area contributed by atoms with Crippen LogP contribution in [0, 0.1) is 27.7 Å². The minimum Gasteiger partial charge on any atom is -0.325 e. The largest absolute Gasteiger partial charge is 0.325 e. The minimum atomic E-state index is -4.12. The summed E-state index contributed by atoms with van der Waals surface area (Å²) >= 11 is 5.95. The first kappa shape index (κ1) is 30.1. The molecule has 0 atom stereocenters. The number of hydrogen-bond acceptors (Lipinski definition) is 5. The molecule has 0 aliphatic carbocycles. The average Bonchev–Trinajstić information content (AvgIpc) is 2.91. The zero-order valence-corrected chi connectivity index (χ0v) is 25.4. The van der Waals surface area contributed by atoms with Crippen LogP contribution >= 0.6 is 11.6 Å². The summed E-state index contributed by atoms with van der Waals surface area (Å²) in [6.45, 7) is 7.09. The highest BCUT2D eigenvalue weighted by molar-refractivity contribution is 7.93. The summed E-state index contributed by atoms with van der Waals surface area (Å²) in [6.07, 6.45) is 0. The number of sulfonamides is 2. The van der Waals surface area contributed by atoms with E-state index in [1.165, 1.54) is 48.5 Å². The smallest absolute Gasteiger partial charge is 0.264 e. The number of anilines is 3. The maximum Gasteiger partial charge on any atom is 0.264 e. The molecule has 0 saturated heterocycles. The van der Waals surface area contributed by atoms with Crippen LogP contribution < -0.4 is 14.3 Å². The third-order valence-corrected chi connectivity index (χ3v) is 10.1. The third-order valence-electron chi connectivity index (χ3n) is 6.67. The van der Waals surface area contributed by atoms with Crippen molar-refractivity contribution in [2.75, 3.05) is 20.9 Å². The van der Waals surface area contributed by atoms with Gasteiger partial charge in [0.25, 0.3) is 20.0 Å². The van der Waals surface area contributed by atoms with Crippen molar-refractivity contribution in [3.63, 3.8) is 0 Å². The SMILES string of the molecule is Cc1ccc(NS(=O)(=O)c2ccc(NC(=O)CN(c3ccc(C)c(C)c3)S(=O)(=O)c3ccc(Cl)cc3)cc2)cc1C. The van der Waals surface area contributed by atoms with Gasteiger partial charge in [-0.3, -0.25) is 13.8 Å². The fraction of sp³-hybridized carbons (Fsp3) is 0.167. The molecule has 0 fully saturated rings. The van der Waals surface area contributed by atoms with Crippen molar-refractivity contribution >= 4 is 54.6 Å². The first-order valence-corrected chi connectivity index (χ1v) is 15.9. The Labute approximate surface area is 246 Å². The molecule has 2 N–H and O–H groups in total. The summed E-state index contributed by atoms with van der Waals surface area (Å²) in [7, 11) is -7.99. The number of rotatable bonds is 9. The number of hydrogen-bond donors (Lipinski definition) is 2. The van der Waals surface area contributed by atoms with Gasteiger partial charge in [-0.15, -0.1) is 0 Å². The van der Waals surface area contributed by atoms with Gasteiger partial charge in [-0.2, -0.15) is 0 Å². The van der Waals surface area contributed by atoms with Crippen LogP contribution in [-0.2, 0) is 24.8 Å². The van der Waals surface area contributed by atoms with Crippen molar-refractivity contribution < 1.29 is 21.6 Å². The number of halogens is 1. The fourth-order valence-electron chi connectivity index (χ4n) is 4.00. The zero-order chi connectivity index (χ0) is 29.9. The lowest BCUT2D eigenvalue weighted by Gasteiger charge is -2.25. The summed E-state index contributed by atoms with van der Waals surface area (Å²) in [5, 5.41) is 3.04. The normalized spacial score (nSPS) is 11.6. The maximum absolute atomic E-state index is 13.6. The monoisotopic (exact) mass is 611 g/mol. The van der Waals surface area contributed by atoms with Crippen molar-refractivity contribution in [3.05, 3.63) is 112 Å². The second-order valence-electron chi connectivity index (χ2n) is 9.71. The van der Waals surface area contributed by atoms with Crippen LogP contribution in [0.4, 0.5) is 17.1 Å². The van der Waals surface area contributed by atoms with Crippen molar-refractivity contribution in [1.82, 2.24) is 0 Å². The highest BCUT2D eigenvalue weighted by Gasteiger charge is 2.27. The Bertz CT molecular complexity index is 1810. The molecule has 0 unspecified atom stereocenters. The van der Waals surface area contributed by atoms with Crippen molar-refractivity contribution in [1.29, 1.82) is 0 Å². The molecule has 0 aliphatic heterocycles. The average molecular weight is 612 g/mol. The molecule has 1 amide bonds. The molecule has 0 saturated carbocycles. The Morgan fingerprint density at radius 2 is 1.22 bits per heavy atom. The van der Waals surface area contributed by atoms with Crippen LogP contribution in [-0.4, -0.2) is 29.3 Å². The van der Waals surface area contributed by atoms with Crippen LogP contribution in [0.15, 0.2) is 94.7 Å². The predicted octanol–water partition coefficient (Wildman–Crippen LogP) is 6.21. The molecule has 11 heteroatoms. The lowest BCUT2D eigenvalue weighted by atomic mass is 10.1. The van der Waals surface area contributed by atoms with E-state index in [1.54, 1.807) is 30.3 Å². The van der Waals surface area contributed by atoms with Gasteiger partial charge < -0.3 is 5.32 Å². The van der Waals surface area contributed by atoms with Crippen LogP contribution in [0.5, 0.6) is 0 Å². The van der Waals surface area contributed by atoms with Gasteiger partial charge in [-0.25, -0.2) is 16.8 Å². The molecule has 0 aliphatic rings. The quantitative estimate of drug-likeness (QED) is 0.234. The van der Waals surface area contributed by atoms with Gasteiger partial charge in [0.05, 0.1) is 15.5 Å². The molecule has 0 aromatic heterocycles. The lowest BCUT2D eigenvalue weighted by molar-refractivity contribution is -0.114. The Kier molecular flexibility index (Phi) is 8.77. The van der Waals surface area contributed by atoms with Crippen LogP contribution in [0.25, 0.3) is 0 Å². The van der Waals surface area contributed by atoms with E-state index >= 15 is 0 Å². The van der Waals surface area contributed by atoms with Gasteiger partial charge in [0.1, 0.15) is 6.54 Å². The summed E-state index contributed by atoms with van der Waals surface area (Å²) in [5.74, 6) is -0.607. The topological polar surface area (TPSA) is 113 Å². The molecule has 8 nitrogen and oxygen atoms in total. The lowest BCUT2D eigenvalue weighted by Crippen LogP contribution is -2.38. The van der Waals surface area contributed by atoms with E-state index in [0.717, 1.165) is 26.6 Å². The first-order chi connectivity index (χ1) is 19.3. The molecule has 41 heavy (non-hydrogen) atoms. The molecular weight excluding hydrogens is 582 g/mol. The summed E-state index contributed by atoms with van der Waals surface area (Å²) in [6, 6.07) is 21.7. The Morgan fingerprint density at radius 3 is 1.80 bits per heavy atom. The molecule has 0 heterocycles. The van der Waals surface area contributed by atoms with E-state index in [-0.39, 0.29) is 9.79 Å². The predicted molar refractivity (Wildman–Crippen MR) is 164 cm³/mol.